The van der Waals surface area contributed by atoms with Gasteiger partial charge in [0, 0.05) is 0 Å². The van der Waals surface area contributed by atoms with Crippen LogP contribution < -0.4 is 0 Å². The number of amides is 1. The predicted octanol–water partition coefficient (Wildman–Crippen LogP) is 2.74. The monoisotopic (exact) mass is 273 g/mol. The van der Waals surface area contributed by atoms with Gasteiger partial charge in [-0.25, -0.2) is 4.79 Å². The molecule has 2 heterocycles. The van der Waals surface area contributed by atoms with Crippen LogP contribution in [0.5, 0.6) is 0 Å². The first-order valence-corrected chi connectivity index (χ1v) is 6.81. The highest BCUT2D eigenvalue weighted by Gasteiger charge is 2.55. The minimum atomic E-state index is -0.774. The lowest BCUT2D eigenvalue weighted by molar-refractivity contribution is -0.00378. The first kappa shape index (κ1) is 13.2. The Bertz CT molecular complexity index is 588. The molecule has 106 valence electrons. The Balaban J connectivity index is 2.02. The van der Waals surface area contributed by atoms with Gasteiger partial charge in [0.25, 0.3) is 0 Å². The number of fused-ring (bicyclic) bond motifs is 5. The molecule has 0 saturated carbocycles. The van der Waals surface area contributed by atoms with Gasteiger partial charge < -0.3 is 9.84 Å². The zero-order valence-electron chi connectivity index (χ0n) is 12.0. The molecule has 20 heavy (non-hydrogen) atoms. The van der Waals surface area contributed by atoms with Crippen molar-refractivity contribution in [1.82, 2.24) is 4.90 Å². The van der Waals surface area contributed by atoms with Crippen LogP contribution in [0.2, 0.25) is 0 Å². The molecular weight excluding hydrogens is 254 g/mol. The molecule has 1 aromatic carbocycles. The minimum Gasteiger partial charge on any atom is -0.444 e. The van der Waals surface area contributed by atoms with Crippen molar-refractivity contribution in [2.75, 3.05) is 6.61 Å². The van der Waals surface area contributed by atoms with Gasteiger partial charge in [0.15, 0.2) is 0 Å². The maximum Gasteiger partial charge on any atom is 0.412 e. The van der Waals surface area contributed by atoms with Crippen LogP contribution in [0.3, 0.4) is 0 Å². The molecule has 2 unspecified atom stereocenters. The molecule has 1 aromatic rings. The zero-order chi connectivity index (χ0) is 14.5. The molecule has 1 N–H and O–H groups in total. The Morgan fingerprint density at radius 2 is 2.10 bits per heavy atom. The molecule has 4 heteroatoms. The Morgan fingerprint density at radius 3 is 2.75 bits per heavy atom. The van der Waals surface area contributed by atoms with Crippen LogP contribution >= 0.6 is 0 Å². The van der Waals surface area contributed by atoms with Gasteiger partial charge in [-0.15, -0.1) is 0 Å². The third-order valence-corrected chi connectivity index (χ3v) is 3.84. The molecule has 2 bridgehead atoms. The summed E-state index contributed by atoms with van der Waals surface area (Å²) in [6.45, 7) is 5.38. The number of aliphatic hydroxyl groups excluding tert-OH is 1. The number of aliphatic hydroxyl groups is 1. The summed E-state index contributed by atoms with van der Waals surface area (Å²) in [5.74, 6) is 0. The number of carbonyl (C=O) groups excluding carboxylic acids is 1. The van der Waals surface area contributed by atoms with E-state index in [1.807, 2.05) is 57.2 Å². The molecule has 0 spiro atoms. The normalized spacial score (nSPS) is 26.8. The standard InChI is InChI=1S/C16H19NO3/c1-15(2,3)20-14(19)17-13-8-9-16(17,10-18)12-7-5-4-6-11(12)13/h4-9,13,18H,10H2,1-3H3. The molecule has 2 aliphatic rings. The molecule has 0 fully saturated rings. The fourth-order valence-electron chi connectivity index (χ4n) is 3.08. The number of benzene rings is 1. The van der Waals surface area contributed by atoms with Crippen molar-refractivity contribution in [3.63, 3.8) is 0 Å². The highest BCUT2D eigenvalue weighted by atomic mass is 16.6. The molecular formula is C16H19NO3. The predicted molar refractivity (Wildman–Crippen MR) is 75.2 cm³/mol. The van der Waals surface area contributed by atoms with Gasteiger partial charge in [-0.1, -0.05) is 36.4 Å². The lowest BCUT2D eigenvalue weighted by atomic mass is 9.87. The van der Waals surface area contributed by atoms with Crippen LogP contribution in [-0.4, -0.2) is 28.3 Å². The summed E-state index contributed by atoms with van der Waals surface area (Å²) < 4.78 is 5.50. The summed E-state index contributed by atoms with van der Waals surface area (Å²) in [4.78, 5) is 14.1. The van der Waals surface area contributed by atoms with E-state index in [9.17, 15) is 9.90 Å². The Morgan fingerprint density at radius 1 is 1.40 bits per heavy atom. The maximum atomic E-state index is 12.5. The van der Waals surface area contributed by atoms with Crippen molar-refractivity contribution >= 4 is 6.09 Å². The van der Waals surface area contributed by atoms with Crippen LogP contribution in [-0.2, 0) is 10.3 Å². The summed E-state index contributed by atoms with van der Waals surface area (Å²) in [7, 11) is 0. The number of rotatable bonds is 1. The number of ether oxygens (including phenoxy) is 1. The van der Waals surface area contributed by atoms with Crippen molar-refractivity contribution < 1.29 is 14.6 Å². The molecule has 0 saturated heterocycles. The third kappa shape index (κ3) is 1.68. The minimum absolute atomic E-state index is 0.143. The van der Waals surface area contributed by atoms with E-state index in [1.54, 1.807) is 4.90 Å². The van der Waals surface area contributed by atoms with E-state index in [0.717, 1.165) is 11.1 Å². The van der Waals surface area contributed by atoms with E-state index in [1.165, 1.54) is 0 Å². The van der Waals surface area contributed by atoms with Crippen molar-refractivity contribution in [2.45, 2.75) is 38.0 Å². The first-order valence-electron chi connectivity index (χ1n) is 6.81. The fourth-order valence-corrected chi connectivity index (χ4v) is 3.08. The van der Waals surface area contributed by atoms with Crippen LogP contribution in [0.25, 0.3) is 0 Å². The van der Waals surface area contributed by atoms with E-state index in [-0.39, 0.29) is 12.6 Å². The molecule has 0 radical (unpaired) electrons. The second kappa shape index (κ2) is 4.09. The highest BCUT2D eigenvalue weighted by Crippen LogP contribution is 2.52. The summed E-state index contributed by atoms with van der Waals surface area (Å²) in [6, 6.07) is 7.70. The van der Waals surface area contributed by atoms with E-state index < -0.39 is 17.2 Å². The molecule has 1 amide bonds. The van der Waals surface area contributed by atoms with Gasteiger partial charge in [-0.2, -0.15) is 0 Å². The fraction of sp³-hybridized carbons (Fsp3) is 0.438. The Labute approximate surface area is 118 Å². The lowest BCUT2D eigenvalue weighted by Gasteiger charge is -2.34. The first-order chi connectivity index (χ1) is 9.39. The van der Waals surface area contributed by atoms with E-state index in [4.69, 9.17) is 4.74 Å². The van der Waals surface area contributed by atoms with Gasteiger partial charge in [0.05, 0.1) is 12.6 Å². The number of hydrogen-bond acceptors (Lipinski definition) is 3. The average molecular weight is 273 g/mol. The van der Waals surface area contributed by atoms with E-state index in [0.29, 0.717) is 0 Å². The molecule has 3 rings (SSSR count). The topological polar surface area (TPSA) is 49.8 Å². The number of nitrogens with zero attached hydrogens (tertiary/aromatic N) is 1. The van der Waals surface area contributed by atoms with Crippen molar-refractivity contribution in [3.8, 4) is 0 Å². The summed E-state index contributed by atoms with van der Waals surface area (Å²) in [5, 5.41) is 9.91. The quantitative estimate of drug-likeness (QED) is 0.800. The average Bonchev–Trinajstić information content (AvgIpc) is 2.89. The third-order valence-electron chi connectivity index (χ3n) is 3.84. The molecule has 2 atom stereocenters. The molecule has 2 aliphatic heterocycles. The van der Waals surface area contributed by atoms with Gasteiger partial charge in [-0.05, 0) is 31.9 Å². The van der Waals surface area contributed by atoms with Crippen molar-refractivity contribution in [2.24, 2.45) is 0 Å². The lowest BCUT2D eigenvalue weighted by Crippen LogP contribution is -2.46. The Hall–Kier alpha value is -1.81. The SMILES string of the molecule is CC(C)(C)OC(=O)N1C2C=CC1(CO)c1ccccc12. The second-order valence-electron chi connectivity index (χ2n) is 6.32. The van der Waals surface area contributed by atoms with E-state index >= 15 is 0 Å². The number of hydrogen-bond donors (Lipinski definition) is 1. The summed E-state index contributed by atoms with van der Waals surface area (Å²) >= 11 is 0. The van der Waals surface area contributed by atoms with E-state index in [2.05, 4.69) is 0 Å². The zero-order valence-corrected chi connectivity index (χ0v) is 12.0. The van der Waals surface area contributed by atoms with Crippen LogP contribution in [0.1, 0.15) is 37.9 Å². The largest absolute Gasteiger partial charge is 0.444 e. The van der Waals surface area contributed by atoms with Gasteiger partial charge >= 0.3 is 6.09 Å². The van der Waals surface area contributed by atoms with Crippen LogP contribution in [0.15, 0.2) is 36.4 Å². The van der Waals surface area contributed by atoms with Crippen molar-refractivity contribution in [1.29, 1.82) is 0 Å². The second-order valence-corrected chi connectivity index (χ2v) is 6.32. The summed E-state index contributed by atoms with van der Waals surface area (Å²) in [6.07, 6.45) is 3.48. The molecule has 0 aliphatic carbocycles. The van der Waals surface area contributed by atoms with Crippen LogP contribution in [0.4, 0.5) is 4.79 Å². The Kier molecular flexibility index (Phi) is 2.70. The smallest absolute Gasteiger partial charge is 0.412 e. The number of carbonyl (C=O) groups is 1. The highest BCUT2D eigenvalue weighted by molar-refractivity contribution is 5.75. The van der Waals surface area contributed by atoms with Gasteiger partial charge in [0.1, 0.15) is 11.1 Å². The van der Waals surface area contributed by atoms with Crippen LogP contribution in [0, 0.1) is 0 Å². The molecule has 4 nitrogen and oxygen atoms in total. The van der Waals surface area contributed by atoms with Gasteiger partial charge in [0.2, 0.25) is 0 Å². The van der Waals surface area contributed by atoms with Crippen molar-refractivity contribution in [3.05, 3.63) is 47.5 Å². The maximum absolute atomic E-state index is 12.5. The van der Waals surface area contributed by atoms with Gasteiger partial charge in [-0.3, -0.25) is 4.90 Å². The molecule has 0 aromatic heterocycles. The summed E-state index contributed by atoms with van der Waals surface area (Å²) in [5.41, 5.74) is 0.724.